The molecule has 3 saturated heterocycles. The fraction of sp³-hybridized carbons (Fsp3) is 0.682. The second-order valence-corrected chi connectivity index (χ2v) is 21.0. The molecule has 1 N–H and O–H groups in total. The average Bonchev–Trinajstić information content (AvgIpc) is 3.54. The highest BCUT2D eigenvalue weighted by Gasteiger charge is 2.83. The number of alkyl halides is 2. The van der Waals surface area contributed by atoms with Gasteiger partial charge in [-0.25, -0.2) is 13.5 Å². The number of likely N-dealkylation sites (tertiary alicyclic amines) is 1. The Labute approximate surface area is 336 Å². The van der Waals surface area contributed by atoms with Crippen molar-refractivity contribution in [3.05, 3.63) is 58.2 Å². The Hall–Kier alpha value is -3.29. The number of fused-ring (bicyclic) bond motifs is 6. The van der Waals surface area contributed by atoms with Gasteiger partial charge < -0.3 is 14.5 Å². The number of rotatable bonds is 9. The molecule has 5 heterocycles. The maximum absolute atomic E-state index is 15.6. The molecule has 10 nitrogen and oxygen atoms in total. The highest BCUT2D eigenvalue weighted by molar-refractivity contribution is 7.87. The van der Waals surface area contributed by atoms with Gasteiger partial charge in [-0.3, -0.25) is 14.5 Å². The second-order valence-electron chi connectivity index (χ2n) is 19.1. The molecule has 310 valence electrons. The van der Waals surface area contributed by atoms with E-state index in [2.05, 4.69) is 32.7 Å². The quantitative estimate of drug-likeness (QED) is 0.318. The minimum absolute atomic E-state index is 0.00555. The van der Waals surface area contributed by atoms with Crippen LogP contribution in [0, 0.1) is 34.0 Å². The van der Waals surface area contributed by atoms with Gasteiger partial charge in [-0.05, 0) is 85.4 Å². The topological polar surface area (TPSA) is 102 Å². The number of amides is 2. The molecular formula is C44H59F2N5O5S. The van der Waals surface area contributed by atoms with Crippen LogP contribution in [0.1, 0.15) is 95.6 Å². The lowest BCUT2D eigenvalue weighted by Crippen LogP contribution is -2.74. The summed E-state index contributed by atoms with van der Waals surface area (Å²) in [5.74, 6) is -2.57. The lowest BCUT2D eigenvalue weighted by atomic mass is 9.43. The second kappa shape index (κ2) is 13.4. The first-order chi connectivity index (χ1) is 27.0. The molecule has 7 fully saturated rings. The fourth-order valence-corrected chi connectivity index (χ4v) is 14.0. The molecule has 4 saturated carbocycles. The van der Waals surface area contributed by atoms with Gasteiger partial charge in [0.1, 0.15) is 5.75 Å². The van der Waals surface area contributed by atoms with E-state index in [0.717, 1.165) is 97.2 Å². The van der Waals surface area contributed by atoms with Crippen molar-refractivity contribution in [3.63, 3.8) is 0 Å². The summed E-state index contributed by atoms with van der Waals surface area (Å²) < 4.78 is 62.9. The molecule has 10 rings (SSSR count). The van der Waals surface area contributed by atoms with E-state index in [0.29, 0.717) is 32.1 Å². The molecule has 5 aliphatic heterocycles. The lowest BCUT2D eigenvalue weighted by molar-refractivity contribution is -0.188. The van der Waals surface area contributed by atoms with E-state index in [1.807, 2.05) is 24.0 Å². The first-order valence-electron chi connectivity index (χ1n) is 21.2. The third-order valence-electron chi connectivity index (χ3n) is 15.7. The van der Waals surface area contributed by atoms with Crippen LogP contribution in [0.5, 0.6) is 5.75 Å². The number of hydrogen-bond acceptors (Lipinski definition) is 7. The number of nitrogens with one attached hydrogen (secondary N) is 1. The molecule has 7 unspecified atom stereocenters. The normalized spacial score (nSPS) is 35.4. The van der Waals surface area contributed by atoms with Gasteiger partial charge in [0, 0.05) is 93.7 Å². The first-order valence-corrected chi connectivity index (χ1v) is 22.6. The van der Waals surface area contributed by atoms with Crippen molar-refractivity contribution >= 4 is 27.7 Å². The zero-order chi connectivity index (χ0) is 40.4. The summed E-state index contributed by atoms with van der Waals surface area (Å²) in [5.41, 5.74) is 6.05. The summed E-state index contributed by atoms with van der Waals surface area (Å²) in [5, 5.41) is 0. The standard InChI is InChI=1S/C44H59F2N5O5S/c1-7-31-29(18-27(2)39(52)47-57(54,55)48(4)5)21-50-24-42(20-34(42)33-19-30(56-6)14-15-32(33)37(50)36(31)28-12-9-8-10-13-28)40(53)51-26-43-16-11-17-44(43)25-49(23-41(3,45)46)22-35(43)38(44)51/h7,14-15,18-19,27-28,34-35,38H,8-13,16-17,20-26H2,1-6H3,(H,47,52). The summed E-state index contributed by atoms with van der Waals surface area (Å²) in [6, 6.07) is 6.45. The van der Waals surface area contributed by atoms with Crippen molar-refractivity contribution in [2.75, 3.05) is 60.5 Å². The minimum atomic E-state index is -3.96. The number of carbonyl (C=O) groups excluding carboxylic acids is 2. The van der Waals surface area contributed by atoms with Gasteiger partial charge in [0.05, 0.1) is 25.0 Å². The molecule has 4 bridgehead atoms. The Bertz CT molecular complexity index is 2090. The number of hydrogen-bond donors (Lipinski definition) is 1. The van der Waals surface area contributed by atoms with Crippen molar-refractivity contribution in [3.8, 4) is 5.75 Å². The third-order valence-corrected chi connectivity index (χ3v) is 17.1. The maximum atomic E-state index is 15.6. The van der Waals surface area contributed by atoms with E-state index in [1.165, 1.54) is 31.8 Å². The molecule has 0 radical (unpaired) electrons. The van der Waals surface area contributed by atoms with Crippen molar-refractivity contribution in [1.29, 1.82) is 0 Å². The van der Waals surface area contributed by atoms with Crippen molar-refractivity contribution in [2.24, 2.45) is 34.0 Å². The van der Waals surface area contributed by atoms with E-state index in [-0.39, 0.29) is 41.2 Å². The van der Waals surface area contributed by atoms with Crippen LogP contribution in [-0.4, -0.2) is 112 Å². The Morgan fingerprint density at radius 3 is 2.51 bits per heavy atom. The lowest BCUT2D eigenvalue weighted by Gasteiger charge is -2.66. The number of ether oxygens (including phenoxy) is 1. The first kappa shape index (κ1) is 39.2. The SMILES string of the molecule is CC=C1C(=CC(C)C(=O)NS(=O)(=O)N(C)C)CN2CC3(C(=O)N4CC56CCCC57CN(CC(C)(F)F)CC6C47)CC3c3cc(OC)ccc3C2=C1C1CCCCC1. The Kier molecular flexibility index (Phi) is 9.18. The van der Waals surface area contributed by atoms with Crippen LogP contribution in [0.15, 0.2) is 47.1 Å². The Balaban J connectivity index is 1.12. The van der Waals surface area contributed by atoms with Gasteiger partial charge in [0.25, 0.3) is 5.92 Å². The number of piperidine rings is 2. The van der Waals surface area contributed by atoms with Crippen LogP contribution in [0.3, 0.4) is 0 Å². The molecule has 1 aromatic carbocycles. The monoisotopic (exact) mass is 807 g/mol. The predicted octanol–water partition coefficient (Wildman–Crippen LogP) is 6.19. The molecular weight excluding hydrogens is 749 g/mol. The van der Waals surface area contributed by atoms with Crippen LogP contribution in [0.2, 0.25) is 0 Å². The number of methoxy groups -OCH3 is 1. The zero-order valence-electron chi connectivity index (χ0n) is 34.4. The van der Waals surface area contributed by atoms with Crippen LogP contribution < -0.4 is 9.46 Å². The molecule has 1 aromatic rings. The van der Waals surface area contributed by atoms with Crippen molar-refractivity contribution in [1.82, 2.24) is 23.7 Å². The number of halogens is 2. The molecule has 57 heavy (non-hydrogen) atoms. The Morgan fingerprint density at radius 2 is 1.82 bits per heavy atom. The summed E-state index contributed by atoms with van der Waals surface area (Å²) in [6.07, 6.45) is 13.5. The molecule has 2 amide bonds. The molecule has 13 heteroatoms. The van der Waals surface area contributed by atoms with Gasteiger partial charge in [-0.15, -0.1) is 0 Å². The smallest absolute Gasteiger partial charge is 0.303 e. The number of allylic oxidation sites excluding steroid dienone is 2. The number of carbonyl (C=O) groups is 2. The number of nitrogens with zero attached hydrogens (tertiary/aromatic N) is 4. The Morgan fingerprint density at radius 1 is 1.09 bits per heavy atom. The van der Waals surface area contributed by atoms with Crippen molar-refractivity contribution < 1.29 is 31.5 Å². The van der Waals surface area contributed by atoms with Gasteiger partial charge in [0.2, 0.25) is 11.8 Å². The van der Waals surface area contributed by atoms with E-state index in [9.17, 15) is 22.0 Å². The van der Waals surface area contributed by atoms with Crippen LogP contribution in [0.4, 0.5) is 8.78 Å². The fourth-order valence-electron chi connectivity index (χ4n) is 13.4. The number of benzene rings is 1. The van der Waals surface area contributed by atoms with Crippen LogP contribution in [-0.2, 0) is 19.8 Å². The van der Waals surface area contributed by atoms with Crippen LogP contribution in [0.25, 0.3) is 5.70 Å². The highest BCUT2D eigenvalue weighted by Crippen LogP contribution is 2.79. The van der Waals surface area contributed by atoms with Crippen LogP contribution >= 0.6 is 0 Å². The highest BCUT2D eigenvalue weighted by atomic mass is 32.2. The molecule has 4 aliphatic carbocycles. The molecule has 0 aromatic heterocycles. The summed E-state index contributed by atoms with van der Waals surface area (Å²) in [6.45, 7) is 7.58. The largest absolute Gasteiger partial charge is 0.497 e. The van der Waals surface area contributed by atoms with E-state index in [1.54, 1.807) is 14.0 Å². The minimum Gasteiger partial charge on any atom is -0.497 e. The molecule has 7 atom stereocenters. The van der Waals surface area contributed by atoms with Gasteiger partial charge in [-0.1, -0.05) is 44.8 Å². The summed E-state index contributed by atoms with van der Waals surface area (Å²) in [7, 11) is 0.502. The van der Waals surface area contributed by atoms with Gasteiger partial charge in [-0.2, -0.15) is 12.7 Å². The average molecular weight is 808 g/mol. The van der Waals surface area contributed by atoms with E-state index < -0.39 is 33.4 Å². The summed E-state index contributed by atoms with van der Waals surface area (Å²) >= 11 is 0. The summed E-state index contributed by atoms with van der Waals surface area (Å²) in [4.78, 5) is 35.6. The maximum Gasteiger partial charge on any atom is 0.303 e. The third kappa shape index (κ3) is 5.81. The predicted molar refractivity (Wildman–Crippen MR) is 214 cm³/mol. The van der Waals surface area contributed by atoms with Gasteiger partial charge >= 0.3 is 10.2 Å². The zero-order valence-corrected chi connectivity index (χ0v) is 35.2. The molecule has 9 aliphatic rings. The van der Waals surface area contributed by atoms with Crippen molar-refractivity contribution in [2.45, 2.75) is 96.4 Å². The van der Waals surface area contributed by atoms with E-state index >= 15 is 4.79 Å². The van der Waals surface area contributed by atoms with Gasteiger partial charge in [0.15, 0.2) is 0 Å². The molecule has 1 spiro atoms. The van der Waals surface area contributed by atoms with E-state index in [4.69, 9.17) is 4.74 Å².